The van der Waals surface area contributed by atoms with Crippen LogP contribution in [0.4, 0.5) is 0 Å². The lowest BCUT2D eigenvalue weighted by atomic mass is 10.1. The molecule has 2 heterocycles. The Hall–Kier alpha value is -0.840. The zero-order valence-corrected chi connectivity index (χ0v) is 12.8. The minimum absolute atomic E-state index is 0.354. The molecule has 19 heavy (non-hydrogen) atoms. The molecule has 0 aliphatic heterocycles. The molecule has 0 saturated carbocycles. The summed E-state index contributed by atoms with van der Waals surface area (Å²) >= 11 is 7.95. The fourth-order valence-corrected chi connectivity index (χ4v) is 3.18. The number of aliphatic hydroxyl groups excluding tert-OH is 1. The summed E-state index contributed by atoms with van der Waals surface area (Å²) in [5.41, 5.74) is 1.74. The van der Waals surface area contributed by atoms with Crippen LogP contribution in [0.5, 0.6) is 0 Å². The van der Waals surface area contributed by atoms with Crippen LogP contribution in [0.15, 0.2) is 17.5 Å². The van der Waals surface area contributed by atoms with Gasteiger partial charge < -0.3 is 5.11 Å². The molecule has 1 atom stereocenters. The number of nitrogens with zero attached hydrogens (tertiary/aromatic N) is 2. The van der Waals surface area contributed by atoms with E-state index in [2.05, 4.69) is 22.6 Å². The van der Waals surface area contributed by atoms with Gasteiger partial charge in [0.1, 0.15) is 0 Å². The molecule has 0 radical (unpaired) electrons. The van der Waals surface area contributed by atoms with Crippen molar-refractivity contribution in [2.75, 3.05) is 0 Å². The van der Waals surface area contributed by atoms with Crippen molar-refractivity contribution in [1.82, 2.24) is 9.78 Å². The second-order valence-corrected chi connectivity index (χ2v) is 6.21. The molecule has 0 aliphatic rings. The van der Waals surface area contributed by atoms with Gasteiger partial charge in [-0.05, 0) is 37.6 Å². The van der Waals surface area contributed by atoms with Crippen molar-refractivity contribution in [3.05, 3.63) is 38.8 Å². The van der Waals surface area contributed by atoms with E-state index in [-0.39, 0.29) is 6.10 Å². The molecule has 5 heteroatoms. The molecule has 2 aromatic rings. The monoisotopic (exact) mass is 298 g/mol. The van der Waals surface area contributed by atoms with Gasteiger partial charge in [0.2, 0.25) is 0 Å². The molecule has 1 N–H and O–H groups in total. The summed E-state index contributed by atoms with van der Waals surface area (Å²) in [5, 5.41) is 17.1. The molecular weight excluding hydrogens is 280 g/mol. The van der Waals surface area contributed by atoms with Crippen molar-refractivity contribution in [3.8, 4) is 0 Å². The number of halogens is 1. The Morgan fingerprint density at radius 3 is 2.89 bits per heavy atom. The van der Waals surface area contributed by atoms with Crippen molar-refractivity contribution in [2.24, 2.45) is 7.05 Å². The Labute approximate surface area is 122 Å². The van der Waals surface area contributed by atoms with Gasteiger partial charge in [0.05, 0.1) is 22.5 Å². The van der Waals surface area contributed by atoms with Crippen molar-refractivity contribution in [2.45, 2.75) is 38.7 Å². The fraction of sp³-hybridized carbons (Fsp3) is 0.500. The number of aromatic nitrogens is 2. The number of hydrogen-bond donors (Lipinski definition) is 1. The Balaban J connectivity index is 1.82. The lowest BCUT2D eigenvalue weighted by Crippen LogP contribution is -2.13. The second-order valence-electron chi connectivity index (χ2n) is 4.80. The third kappa shape index (κ3) is 3.81. The molecule has 0 amide bonds. The van der Waals surface area contributed by atoms with Crippen LogP contribution in [0.1, 0.15) is 29.1 Å². The molecule has 0 saturated heterocycles. The van der Waals surface area contributed by atoms with Gasteiger partial charge in [-0.1, -0.05) is 17.7 Å². The average Bonchev–Trinajstić information content (AvgIpc) is 2.94. The minimum atomic E-state index is -0.354. The summed E-state index contributed by atoms with van der Waals surface area (Å²) in [6.45, 7) is 1.88. The first-order chi connectivity index (χ1) is 9.08. The van der Waals surface area contributed by atoms with Crippen LogP contribution in [0.3, 0.4) is 0 Å². The summed E-state index contributed by atoms with van der Waals surface area (Å²) in [7, 11) is 1.87. The van der Waals surface area contributed by atoms with Crippen LogP contribution >= 0.6 is 22.9 Å². The van der Waals surface area contributed by atoms with Gasteiger partial charge in [-0.3, -0.25) is 4.68 Å². The summed E-state index contributed by atoms with van der Waals surface area (Å²) in [4.78, 5) is 1.38. The highest BCUT2D eigenvalue weighted by Crippen LogP contribution is 2.22. The molecule has 2 aromatic heterocycles. The van der Waals surface area contributed by atoms with Crippen molar-refractivity contribution < 1.29 is 5.11 Å². The first-order valence-electron chi connectivity index (χ1n) is 6.46. The lowest BCUT2D eigenvalue weighted by molar-refractivity contribution is 0.160. The predicted molar refractivity (Wildman–Crippen MR) is 79.9 cm³/mol. The normalized spacial score (nSPS) is 12.8. The standard InChI is InChI=1S/C14H19ClN2OS/c1-10-14(15)13(17(2)16-10)9-11(18)5-3-6-12-7-4-8-19-12/h4,7-8,11,18H,3,5-6,9H2,1-2H3. The lowest BCUT2D eigenvalue weighted by Gasteiger charge is -2.10. The highest BCUT2D eigenvalue weighted by Gasteiger charge is 2.15. The van der Waals surface area contributed by atoms with Crippen LogP contribution < -0.4 is 0 Å². The SMILES string of the molecule is Cc1nn(C)c(CC(O)CCCc2cccs2)c1Cl. The van der Waals surface area contributed by atoms with Crippen LogP contribution in [0, 0.1) is 6.92 Å². The molecule has 0 aliphatic carbocycles. The summed E-state index contributed by atoms with van der Waals surface area (Å²) in [6.07, 6.45) is 3.04. The number of hydrogen-bond acceptors (Lipinski definition) is 3. The number of aryl methyl sites for hydroxylation is 3. The largest absolute Gasteiger partial charge is 0.393 e. The Morgan fingerprint density at radius 2 is 2.32 bits per heavy atom. The maximum Gasteiger partial charge on any atom is 0.0847 e. The zero-order valence-electron chi connectivity index (χ0n) is 11.3. The van der Waals surface area contributed by atoms with E-state index in [9.17, 15) is 5.11 Å². The van der Waals surface area contributed by atoms with Crippen LogP contribution in [-0.4, -0.2) is 21.0 Å². The molecule has 104 valence electrons. The second kappa shape index (κ2) is 6.55. The van der Waals surface area contributed by atoms with E-state index >= 15 is 0 Å². The van der Waals surface area contributed by atoms with Gasteiger partial charge in [0, 0.05) is 18.3 Å². The molecule has 0 aromatic carbocycles. The van der Waals surface area contributed by atoms with E-state index in [1.165, 1.54) is 4.88 Å². The summed E-state index contributed by atoms with van der Waals surface area (Å²) < 4.78 is 1.76. The van der Waals surface area contributed by atoms with E-state index in [1.54, 1.807) is 16.0 Å². The average molecular weight is 299 g/mol. The Morgan fingerprint density at radius 1 is 1.53 bits per heavy atom. The van der Waals surface area contributed by atoms with Crippen LogP contribution in [-0.2, 0) is 19.9 Å². The van der Waals surface area contributed by atoms with Crippen molar-refractivity contribution in [1.29, 1.82) is 0 Å². The van der Waals surface area contributed by atoms with Gasteiger partial charge in [0.25, 0.3) is 0 Å². The van der Waals surface area contributed by atoms with E-state index in [1.807, 2.05) is 14.0 Å². The molecule has 0 fully saturated rings. The molecular formula is C14H19ClN2OS. The van der Waals surface area contributed by atoms with E-state index in [0.29, 0.717) is 11.4 Å². The Bertz CT molecular complexity index is 522. The van der Waals surface area contributed by atoms with E-state index in [4.69, 9.17) is 11.6 Å². The summed E-state index contributed by atoms with van der Waals surface area (Å²) in [6, 6.07) is 4.20. The number of aliphatic hydroxyl groups is 1. The maximum atomic E-state index is 10.1. The quantitative estimate of drug-likeness (QED) is 0.888. The minimum Gasteiger partial charge on any atom is -0.393 e. The zero-order chi connectivity index (χ0) is 13.8. The predicted octanol–water partition coefficient (Wildman–Crippen LogP) is 3.37. The third-order valence-electron chi connectivity index (χ3n) is 3.23. The highest BCUT2D eigenvalue weighted by atomic mass is 35.5. The topological polar surface area (TPSA) is 38.0 Å². The van der Waals surface area contributed by atoms with Gasteiger partial charge in [0.15, 0.2) is 0 Å². The summed E-state index contributed by atoms with van der Waals surface area (Å²) in [5.74, 6) is 0. The van der Waals surface area contributed by atoms with Gasteiger partial charge >= 0.3 is 0 Å². The smallest absolute Gasteiger partial charge is 0.0847 e. The molecule has 0 spiro atoms. The number of rotatable bonds is 6. The van der Waals surface area contributed by atoms with Crippen LogP contribution in [0.2, 0.25) is 5.02 Å². The van der Waals surface area contributed by atoms with Crippen molar-refractivity contribution in [3.63, 3.8) is 0 Å². The van der Waals surface area contributed by atoms with E-state index < -0.39 is 0 Å². The number of thiophene rings is 1. The molecule has 1 unspecified atom stereocenters. The Kier molecular flexibility index (Phi) is 5.02. The third-order valence-corrected chi connectivity index (χ3v) is 4.66. The molecule has 2 rings (SSSR count). The van der Waals surface area contributed by atoms with Gasteiger partial charge in [-0.25, -0.2) is 0 Å². The first kappa shape index (κ1) is 14.6. The van der Waals surface area contributed by atoms with Gasteiger partial charge in [-0.15, -0.1) is 11.3 Å². The van der Waals surface area contributed by atoms with Crippen LogP contribution in [0.25, 0.3) is 0 Å². The van der Waals surface area contributed by atoms with E-state index in [0.717, 1.165) is 30.7 Å². The maximum absolute atomic E-state index is 10.1. The van der Waals surface area contributed by atoms with Gasteiger partial charge in [-0.2, -0.15) is 5.10 Å². The molecule has 3 nitrogen and oxygen atoms in total. The molecule has 0 bridgehead atoms. The first-order valence-corrected chi connectivity index (χ1v) is 7.72. The highest BCUT2D eigenvalue weighted by molar-refractivity contribution is 7.09. The fourth-order valence-electron chi connectivity index (χ4n) is 2.19. The van der Waals surface area contributed by atoms with Crippen molar-refractivity contribution >= 4 is 22.9 Å².